The quantitative estimate of drug-likeness (QED) is 0.744. The molecule has 0 radical (unpaired) electrons. The van der Waals surface area contributed by atoms with Gasteiger partial charge in [0.2, 0.25) is 5.43 Å². The number of aromatic amines is 1. The van der Waals surface area contributed by atoms with Crippen LogP contribution in [0.1, 0.15) is 0 Å². The molecule has 2 aromatic rings. The van der Waals surface area contributed by atoms with E-state index in [0.717, 1.165) is 0 Å². The Morgan fingerprint density at radius 3 is 2.64 bits per heavy atom. The predicted molar refractivity (Wildman–Crippen MR) is 54.5 cm³/mol. The van der Waals surface area contributed by atoms with Crippen LogP contribution < -0.4 is 5.43 Å². The molecule has 5 heteroatoms. The van der Waals surface area contributed by atoms with E-state index in [1.165, 1.54) is 18.3 Å². The van der Waals surface area contributed by atoms with Crippen molar-refractivity contribution >= 4 is 34.1 Å². The molecule has 0 spiro atoms. The first-order chi connectivity index (χ1) is 6.61. The molecule has 0 aliphatic carbocycles. The highest BCUT2D eigenvalue weighted by molar-refractivity contribution is 6.36. The maximum atomic E-state index is 13.2. The maximum Gasteiger partial charge on any atom is 0.209 e. The summed E-state index contributed by atoms with van der Waals surface area (Å²) in [5.41, 5.74) is -0.392. The molecule has 0 unspecified atom stereocenters. The van der Waals surface area contributed by atoms with Crippen LogP contribution in [0.3, 0.4) is 0 Å². The Morgan fingerprint density at radius 2 is 1.93 bits per heavy atom. The summed E-state index contributed by atoms with van der Waals surface area (Å²) < 4.78 is 13.2. The fraction of sp³-hybridized carbons (Fsp3) is 0. The number of nitrogens with one attached hydrogen (secondary N) is 1. The second-order valence-electron chi connectivity index (χ2n) is 2.74. The summed E-state index contributed by atoms with van der Waals surface area (Å²) in [7, 11) is 0. The van der Waals surface area contributed by atoms with Crippen molar-refractivity contribution in [1.82, 2.24) is 4.98 Å². The molecule has 0 fully saturated rings. The van der Waals surface area contributed by atoms with Crippen molar-refractivity contribution in [3.05, 3.63) is 44.4 Å². The van der Waals surface area contributed by atoms with Crippen molar-refractivity contribution < 1.29 is 4.39 Å². The maximum absolute atomic E-state index is 13.2. The van der Waals surface area contributed by atoms with Crippen molar-refractivity contribution in [2.45, 2.75) is 0 Å². The molecule has 1 heterocycles. The first kappa shape index (κ1) is 9.49. The lowest BCUT2D eigenvalue weighted by molar-refractivity contribution is 0.637. The third-order valence-corrected chi connectivity index (χ3v) is 2.49. The van der Waals surface area contributed by atoms with Crippen LogP contribution in [0, 0.1) is 5.82 Å². The lowest BCUT2D eigenvalue weighted by Crippen LogP contribution is -2.04. The number of hydrogen-bond acceptors (Lipinski definition) is 1. The zero-order valence-electron chi connectivity index (χ0n) is 6.77. The van der Waals surface area contributed by atoms with E-state index in [0.29, 0.717) is 0 Å². The van der Waals surface area contributed by atoms with Crippen LogP contribution >= 0.6 is 23.2 Å². The summed E-state index contributed by atoms with van der Waals surface area (Å²) in [6, 6.07) is 2.51. The van der Waals surface area contributed by atoms with Crippen molar-refractivity contribution in [3.63, 3.8) is 0 Å². The van der Waals surface area contributed by atoms with Gasteiger partial charge in [-0.25, -0.2) is 4.39 Å². The Balaban J connectivity index is 3.09. The molecule has 1 aromatic heterocycles. The Kier molecular flexibility index (Phi) is 2.21. The first-order valence-corrected chi connectivity index (χ1v) is 4.52. The second-order valence-corrected chi connectivity index (χ2v) is 3.56. The standard InChI is InChI=1S/C9H4Cl2FNO/c10-4-1-2-6(12)8-7(4)9(14)5(11)3-13-8/h1-3H,(H,13,14). The molecule has 0 aliphatic rings. The summed E-state index contributed by atoms with van der Waals surface area (Å²) >= 11 is 11.3. The molecular formula is C9H4Cl2FNO. The van der Waals surface area contributed by atoms with Gasteiger partial charge in [0, 0.05) is 6.20 Å². The number of fused-ring (bicyclic) bond motifs is 1. The van der Waals surface area contributed by atoms with Crippen molar-refractivity contribution in [2.75, 3.05) is 0 Å². The van der Waals surface area contributed by atoms with Gasteiger partial charge in [-0.15, -0.1) is 0 Å². The molecule has 0 saturated carbocycles. The highest BCUT2D eigenvalue weighted by atomic mass is 35.5. The molecule has 0 atom stereocenters. The molecule has 1 aromatic carbocycles. The smallest absolute Gasteiger partial charge is 0.209 e. The van der Waals surface area contributed by atoms with Crippen LogP contribution in [0.5, 0.6) is 0 Å². The minimum absolute atomic E-state index is 0.00926. The van der Waals surface area contributed by atoms with Gasteiger partial charge in [-0.1, -0.05) is 23.2 Å². The molecule has 0 aliphatic heterocycles. The van der Waals surface area contributed by atoms with Gasteiger partial charge in [0.25, 0.3) is 0 Å². The van der Waals surface area contributed by atoms with Gasteiger partial charge in [-0.2, -0.15) is 0 Å². The number of benzene rings is 1. The Bertz CT molecular complexity index is 564. The topological polar surface area (TPSA) is 32.9 Å². The summed E-state index contributed by atoms with van der Waals surface area (Å²) in [6.07, 6.45) is 1.24. The van der Waals surface area contributed by atoms with E-state index in [1.54, 1.807) is 0 Å². The fourth-order valence-corrected chi connectivity index (χ4v) is 1.63. The van der Waals surface area contributed by atoms with Crippen LogP contribution in [0.25, 0.3) is 10.9 Å². The zero-order valence-corrected chi connectivity index (χ0v) is 8.29. The van der Waals surface area contributed by atoms with Gasteiger partial charge < -0.3 is 4.98 Å². The zero-order chi connectivity index (χ0) is 10.3. The second kappa shape index (κ2) is 3.26. The number of H-pyrrole nitrogens is 1. The number of rotatable bonds is 0. The van der Waals surface area contributed by atoms with Crippen LogP contribution in [0.15, 0.2) is 23.1 Å². The van der Waals surface area contributed by atoms with Gasteiger partial charge in [0.05, 0.1) is 15.9 Å². The normalized spacial score (nSPS) is 10.8. The van der Waals surface area contributed by atoms with Gasteiger partial charge in [0.1, 0.15) is 10.8 Å². The number of pyridine rings is 1. The molecule has 1 N–H and O–H groups in total. The molecule has 0 amide bonds. The lowest BCUT2D eigenvalue weighted by Gasteiger charge is -2.01. The third-order valence-electron chi connectivity index (χ3n) is 1.89. The van der Waals surface area contributed by atoms with E-state index < -0.39 is 11.2 Å². The molecular weight excluding hydrogens is 228 g/mol. The van der Waals surface area contributed by atoms with E-state index in [9.17, 15) is 9.18 Å². The molecule has 14 heavy (non-hydrogen) atoms. The third kappa shape index (κ3) is 1.29. The van der Waals surface area contributed by atoms with Crippen LogP contribution in [-0.2, 0) is 0 Å². The average Bonchev–Trinajstić information content (AvgIpc) is 2.16. The van der Waals surface area contributed by atoms with Crippen molar-refractivity contribution in [1.29, 1.82) is 0 Å². The van der Waals surface area contributed by atoms with Gasteiger partial charge in [-0.3, -0.25) is 4.79 Å². The van der Waals surface area contributed by atoms with Gasteiger partial charge in [-0.05, 0) is 12.1 Å². The van der Waals surface area contributed by atoms with Gasteiger partial charge >= 0.3 is 0 Å². The van der Waals surface area contributed by atoms with Crippen LogP contribution in [0.2, 0.25) is 10.0 Å². The summed E-state index contributed by atoms with van der Waals surface area (Å²) in [4.78, 5) is 14.1. The van der Waals surface area contributed by atoms with E-state index in [4.69, 9.17) is 23.2 Å². The molecule has 0 bridgehead atoms. The molecule has 72 valence electrons. The Morgan fingerprint density at radius 1 is 1.21 bits per heavy atom. The van der Waals surface area contributed by atoms with Crippen LogP contribution in [0.4, 0.5) is 4.39 Å². The molecule has 2 rings (SSSR count). The summed E-state index contributed by atoms with van der Waals surface area (Å²) in [6.45, 7) is 0. The summed E-state index contributed by atoms with van der Waals surface area (Å²) in [5, 5.41) is 0.259. The first-order valence-electron chi connectivity index (χ1n) is 3.76. The SMILES string of the molecule is O=c1c(Cl)c[nH]c2c(F)ccc(Cl)c12. The van der Waals surface area contributed by atoms with Crippen molar-refractivity contribution in [3.8, 4) is 0 Å². The van der Waals surface area contributed by atoms with E-state index >= 15 is 0 Å². The van der Waals surface area contributed by atoms with Gasteiger partial charge in [0.15, 0.2) is 0 Å². The van der Waals surface area contributed by atoms with E-state index in [1.807, 2.05) is 0 Å². The van der Waals surface area contributed by atoms with Crippen molar-refractivity contribution in [2.24, 2.45) is 0 Å². The molecule has 0 saturated heterocycles. The lowest BCUT2D eigenvalue weighted by atomic mass is 10.2. The highest BCUT2D eigenvalue weighted by Crippen LogP contribution is 2.22. The fourth-order valence-electron chi connectivity index (χ4n) is 1.24. The largest absolute Gasteiger partial charge is 0.357 e. The van der Waals surface area contributed by atoms with E-state index in [2.05, 4.69) is 4.98 Å². The average molecular weight is 232 g/mol. The number of hydrogen-bond donors (Lipinski definition) is 1. The van der Waals surface area contributed by atoms with E-state index in [-0.39, 0.29) is 20.9 Å². The highest BCUT2D eigenvalue weighted by Gasteiger charge is 2.10. The number of aromatic nitrogens is 1. The minimum Gasteiger partial charge on any atom is -0.357 e. The Labute approximate surface area is 88.3 Å². The monoisotopic (exact) mass is 231 g/mol. The minimum atomic E-state index is -0.529. The van der Waals surface area contributed by atoms with Crippen LogP contribution in [-0.4, -0.2) is 4.98 Å². The Hall–Kier alpha value is -1.06. The predicted octanol–water partition coefficient (Wildman–Crippen LogP) is 2.97. The molecule has 2 nitrogen and oxygen atoms in total. The number of halogens is 3. The summed E-state index contributed by atoms with van der Waals surface area (Å²) in [5.74, 6) is -0.529.